The summed E-state index contributed by atoms with van der Waals surface area (Å²) in [5.41, 5.74) is 2.02. The summed E-state index contributed by atoms with van der Waals surface area (Å²) in [5.74, 6) is 2.50. The van der Waals surface area contributed by atoms with Gasteiger partial charge in [0, 0.05) is 21.8 Å². The van der Waals surface area contributed by atoms with E-state index in [2.05, 4.69) is 21.2 Å². The summed E-state index contributed by atoms with van der Waals surface area (Å²) in [6.07, 6.45) is 2.18. The van der Waals surface area contributed by atoms with Gasteiger partial charge in [0.05, 0.1) is 0 Å². The molecule has 1 atom stereocenters. The second kappa shape index (κ2) is 5.91. The van der Waals surface area contributed by atoms with Gasteiger partial charge in [-0.2, -0.15) is 11.8 Å². The molecule has 0 aromatic heterocycles. The number of halogens is 1. The largest absolute Gasteiger partial charge is 0.326 e. The van der Waals surface area contributed by atoms with E-state index in [9.17, 15) is 4.79 Å². The fourth-order valence-corrected chi connectivity index (χ4v) is 3.57. The first-order valence-electron chi connectivity index (χ1n) is 5.81. The van der Waals surface area contributed by atoms with Crippen molar-refractivity contribution in [1.82, 2.24) is 0 Å². The molecule has 4 heteroatoms. The molecular formula is C13H16BrNOS. The molecule has 17 heavy (non-hydrogen) atoms. The fourth-order valence-electron chi connectivity index (χ4n) is 1.95. The van der Waals surface area contributed by atoms with Crippen molar-refractivity contribution in [2.24, 2.45) is 5.92 Å². The van der Waals surface area contributed by atoms with E-state index >= 15 is 0 Å². The molecule has 1 aliphatic heterocycles. The van der Waals surface area contributed by atoms with Gasteiger partial charge in [-0.05, 0) is 49.3 Å². The average Bonchev–Trinajstić information content (AvgIpc) is 2.34. The van der Waals surface area contributed by atoms with Crippen LogP contribution in [0.25, 0.3) is 0 Å². The summed E-state index contributed by atoms with van der Waals surface area (Å²) in [6.45, 7) is 2.01. The minimum absolute atomic E-state index is 0.169. The van der Waals surface area contributed by atoms with Crippen molar-refractivity contribution in [3.63, 3.8) is 0 Å². The zero-order valence-corrected chi connectivity index (χ0v) is 12.2. The molecule has 1 aromatic rings. The minimum atomic E-state index is 0.169. The summed E-state index contributed by atoms with van der Waals surface area (Å²) >= 11 is 5.30. The second-order valence-electron chi connectivity index (χ2n) is 4.36. The van der Waals surface area contributed by atoms with Crippen LogP contribution in [0.2, 0.25) is 0 Å². The van der Waals surface area contributed by atoms with Crippen LogP contribution in [0.5, 0.6) is 0 Å². The van der Waals surface area contributed by atoms with E-state index in [1.807, 2.05) is 36.9 Å². The van der Waals surface area contributed by atoms with Crippen LogP contribution < -0.4 is 5.32 Å². The number of nitrogens with one attached hydrogen (secondary N) is 1. The predicted octanol–water partition coefficient (Wildman–Crippen LogP) is 3.84. The number of benzene rings is 1. The number of hydrogen-bond donors (Lipinski definition) is 1. The standard InChI is InChI=1S/C13H16BrNOS/c1-9-7-11(14)4-5-12(9)15-13(16)10-3-2-6-17-8-10/h4-5,7,10H,2-3,6,8H2,1H3,(H,15,16). The molecule has 1 aliphatic rings. The van der Waals surface area contributed by atoms with Crippen LogP contribution in [0.3, 0.4) is 0 Å². The highest BCUT2D eigenvalue weighted by atomic mass is 79.9. The van der Waals surface area contributed by atoms with Crippen LogP contribution in [0, 0.1) is 12.8 Å². The van der Waals surface area contributed by atoms with E-state index < -0.39 is 0 Å². The smallest absolute Gasteiger partial charge is 0.228 e. The summed E-state index contributed by atoms with van der Waals surface area (Å²) < 4.78 is 1.04. The molecule has 1 aromatic carbocycles. The Morgan fingerprint density at radius 1 is 1.53 bits per heavy atom. The molecule has 1 heterocycles. The van der Waals surface area contributed by atoms with Gasteiger partial charge in [0.1, 0.15) is 0 Å². The van der Waals surface area contributed by atoms with Gasteiger partial charge in [-0.25, -0.2) is 0 Å². The third-order valence-electron chi connectivity index (χ3n) is 2.98. The molecule has 1 saturated heterocycles. The third-order valence-corrected chi connectivity index (χ3v) is 4.69. The summed E-state index contributed by atoms with van der Waals surface area (Å²) in [6, 6.07) is 5.93. The van der Waals surface area contributed by atoms with Gasteiger partial charge in [-0.3, -0.25) is 4.79 Å². The van der Waals surface area contributed by atoms with E-state index in [0.29, 0.717) is 0 Å². The molecule has 0 aliphatic carbocycles. The minimum Gasteiger partial charge on any atom is -0.326 e. The lowest BCUT2D eigenvalue weighted by Crippen LogP contribution is -2.27. The summed E-state index contributed by atoms with van der Waals surface area (Å²) in [5, 5.41) is 3.03. The number of anilines is 1. The SMILES string of the molecule is Cc1cc(Br)ccc1NC(=O)C1CCCSC1. The van der Waals surface area contributed by atoms with E-state index in [-0.39, 0.29) is 11.8 Å². The Balaban J connectivity index is 2.02. The van der Waals surface area contributed by atoms with Gasteiger partial charge >= 0.3 is 0 Å². The maximum atomic E-state index is 12.1. The number of amides is 1. The van der Waals surface area contributed by atoms with Crippen molar-refractivity contribution in [3.8, 4) is 0 Å². The molecule has 0 bridgehead atoms. The van der Waals surface area contributed by atoms with Crippen molar-refractivity contribution >= 4 is 39.3 Å². The maximum Gasteiger partial charge on any atom is 0.228 e. The normalized spacial score (nSPS) is 20.0. The summed E-state index contributed by atoms with van der Waals surface area (Å²) in [7, 11) is 0. The van der Waals surface area contributed by atoms with Crippen LogP contribution in [-0.2, 0) is 4.79 Å². The van der Waals surface area contributed by atoms with Crippen LogP contribution in [-0.4, -0.2) is 17.4 Å². The van der Waals surface area contributed by atoms with E-state index in [1.54, 1.807) is 0 Å². The lowest BCUT2D eigenvalue weighted by atomic mass is 10.0. The Labute approximate surface area is 115 Å². The van der Waals surface area contributed by atoms with Crippen LogP contribution in [0.4, 0.5) is 5.69 Å². The van der Waals surface area contributed by atoms with Gasteiger partial charge in [-0.15, -0.1) is 0 Å². The molecule has 0 saturated carbocycles. The molecule has 0 spiro atoms. The first kappa shape index (κ1) is 13.0. The van der Waals surface area contributed by atoms with Crippen molar-refractivity contribution in [3.05, 3.63) is 28.2 Å². The van der Waals surface area contributed by atoms with E-state index in [4.69, 9.17) is 0 Å². The molecule has 1 fully saturated rings. The van der Waals surface area contributed by atoms with E-state index in [0.717, 1.165) is 34.3 Å². The number of aryl methyl sites for hydroxylation is 1. The number of thioether (sulfide) groups is 1. The monoisotopic (exact) mass is 313 g/mol. The van der Waals surface area contributed by atoms with Crippen molar-refractivity contribution in [2.75, 3.05) is 16.8 Å². The van der Waals surface area contributed by atoms with Crippen LogP contribution in [0.15, 0.2) is 22.7 Å². The second-order valence-corrected chi connectivity index (χ2v) is 6.43. The Morgan fingerprint density at radius 3 is 3.00 bits per heavy atom. The van der Waals surface area contributed by atoms with Gasteiger partial charge in [0.2, 0.25) is 5.91 Å². The zero-order valence-electron chi connectivity index (χ0n) is 9.83. The van der Waals surface area contributed by atoms with Gasteiger partial charge in [0.15, 0.2) is 0 Å². The molecular weight excluding hydrogens is 298 g/mol. The molecule has 2 nitrogen and oxygen atoms in total. The van der Waals surface area contributed by atoms with E-state index in [1.165, 1.54) is 5.75 Å². The van der Waals surface area contributed by atoms with Crippen LogP contribution in [0.1, 0.15) is 18.4 Å². The van der Waals surface area contributed by atoms with Crippen molar-refractivity contribution in [2.45, 2.75) is 19.8 Å². The van der Waals surface area contributed by atoms with Crippen molar-refractivity contribution < 1.29 is 4.79 Å². The number of hydrogen-bond acceptors (Lipinski definition) is 2. The Bertz CT molecular complexity index is 416. The Kier molecular flexibility index (Phi) is 4.51. The fraction of sp³-hybridized carbons (Fsp3) is 0.462. The third kappa shape index (κ3) is 3.49. The predicted molar refractivity (Wildman–Crippen MR) is 77.6 cm³/mol. The molecule has 0 radical (unpaired) electrons. The van der Waals surface area contributed by atoms with Gasteiger partial charge in [-0.1, -0.05) is 15.9 Å². The quantitative estimate of drug-likeness (QED) is 0.898. The van der Waals surface area contributed by atoms with Gasteiger partial charge < -0.3 is 5.32 Å². The topological polar surface area (TPSA) is 29.1 Å². The first-order valence-corrected chi connectivity index (χ1v) is 7.76. The maximum absolute atomic E-state index is 12.1. The lowest BCUT2D eigenvalue weighted by molar-refractivity contribution is -0.119. The number of carbonyl (C=O) groups excluding carboxylic acids is 1. The lowest BCUT2D eigenvalue weighted by Gasteiger charge is -2.21. The number of carbonyl (C=O) groups is 1. The molecule has 1 amide bonds. The van der Waals surface area contributed by atoms with Crippen molar-refractivity contribution in [1.29, 1.82) is 0 Å². The Hall–Kier alpha value is -0.480. The first-order chi connectivity index (χ1) is 8.16. The number of rotatable bonds is 2. The summed E-state index contributed by atoms with van der Waals surface area (Å²) in [4.78, 5) is 12.1. The molecule has 1 N–H and O–H groups in total. The molecule has 1 unspecified atom stereocenters. The molecule has 2 rings (SSSR count). The highest BCUT2D eigenvalue weighted by Crippen LogP contribution is 2.25. The zero-order chi connectivity index (χ0) is 12.3. The Morgan fingerprint density at radius 2 is 2.35 bits per heavy atom. The highest BCUT2D eigenvalue weighted by molar-refractivity contribution is 9.10. The average molecular weight is 314 g/mol. The molecule has 92 valence electrons. The van der Waals surface area contributed by atoms with Gasteiger partial charge in [0.25, 0.3) is 0 Å². The highest BCUT2D eigenvalue weighted by Gasteiger charge is 2.21. The van der Waals surface area contributed by atoms with Crippen LogP contribution >= 0.6 is 27.7 Å².